The zero-order chi connectivity index (χ0) is 20.2. The maximum atomic E-state index is 10.2. The molecule has 0 aromatic heterocycles. The number of carbonyl (C=O) groups excluding carboxylic acids is 1. The van der Waals surface area contributed by atoms with Gasteiger partial charge in [0.1, 0.15) is 11.5 Å². The molecule has 27 heavy (non-hydrogen) atoms. The number of allylic oxidation sites excluding steroid dienone is 2. The molecule has 3 rings (SSSR count). The summed E-state index contributed by atoms with van der Waals surface area (Å²) in [5.74, 6) is 2.48. The van der Waals surface area contributed by atoms with Crippen LogP contribution in [0.5, 0.6) is 5.75 Å². The lowest BCUT2D eigenvalue weighted by Crippen LogP contribution is -2.15. The minimum atomic E-state index is 0.370. The molecule has 3 heteroatoms. The van der Waals surface area contributed by atoms with Crippen molar-refractivity contribution in [3.63, 3.8) is 0 Å². The molecular formula is C24H37NO2. The Hall–Kier alpha value is -2.03. The number of ketones is 1. The molecule has 1 unspecified atom stereocenters. The van der Waals surface area contributed by atoms with Crippen molar-refractivity contribution in [2.45, 2.75) is 73.1 Å². The first-order chi connectivity index (χ1) is 13.0. The Kier molecular flexibility index (Phi) is 10.5. The molecule has 0 bridgehead atoms. The molecular weight excluding hydrogens is 334 g/mol. The van der Waals surface area contributed by atoms with Gasteiger partial charge in [0.25, 0.3) is 0 Å². The number of ether oxygens (including phenoxy) is 1. The van der Waals surface area contributed by atoms with Crippen LogP contribution in [0.1, 0.15) is 77.3 Å². The molecule has 1 aromatic carbocycles. The first-order valence-electron chi connectivity index (χ1n) is 10.3. The molecule has 0 saturated heterocycles. The van der Waals surface area contributed by atoms with E-state index in [0.29, 0.717) is 17.6 Å². The quantitative estimate of drug-likeness (QED) is 0.661. The summed E-state index contributed by atoms with van der Waals surface area (Å²) in [6.07, 6.45) is 10.5. The van der Waals surface area contributed by atoms with E-state index in [1.807, 2.05) is 33.0 Å². The second-order valence-electron chi connectivity index (χ2n) is 7.12. The standard InChI is InChI=1S/C17H23NO.C5H8O.C2H6/c1-4-8-18-12-14(3)10-15-7-9-19-17-6-5-13(2)11-16(15)17;1-4(6)5-2-3-5;1-2/h4-6,8,11-12,15,18H,7,9-10H2,1-3H3;5H,2-3H2,1H3;1-2H3/b8-4-,14-12+;;. The van der Waals surface area contributed by atoms with Crippen LogP contribution >= 0.6 is 0 Å². The van der Waals surface area contributed by atoms with Crippen LogP contribution in [0.4, 0.5) is 0 Å². The third-order valence-electron chi connectivity index (χ3n) is 4.64. The number of rotatable bonds is 5. The highest BCUT2D eigenvalue weighted by Gasteiger charge is 2.25. The van der Waals surface area contributed by atoms with Crippen molar-refractivity contribution in [3.8, 4) is 5.75 Å². The number of hydrogen-bond donors (Lipinski definition) is 1. The van der Waals surface area contributed by atoms with Crippen molar-refractivity contribution >= 4 is 5.78 Å². The topological polar surface area (TPSA) is 38.3 Å². The molecule has 1 aromatic rings. The number of carbonyl (C=O) groups is 1. The number of Topliss-reactive ketones (excluding diaryl/α,β-unsaturated/α-hetero) is 1. The fraction of sp³-hybridized carbons (Fsp3) is 0.542. The van der Waals surface area contributed by atoms with Gasteiger partial charge in [-0.25, -0.2) is 0 Å². The van der Waals surface area contributed by atoms with Gasteiger partial charge in [0, 0.05) is 5.92 Å². The zero-order valence-corrected chi connectivity index (χ0v) is 18.0. The lowest BCUT2D eigenvalue weighted by molar-refractivity contribution is -0.118. The van der Waals surface area contributed by atoms with E-state index < -0.39 is 0 Å². The fourth-order valence-corrected chi connectivity index (χ4v) is 3.02. The number of aryl methyl sites for hydroxylation is 1. The van der Waals surface area contributed by atoms with Crippen LogP contribution in [0.3, 0.4) is 0 Å². The van der Waals surface area contributed by atoms with Gasteiger partial charge in [-0.2, -0.15) is 0 Å². The van der Waals surface area contributed by atoms with Gasteiger partial charge in [-0.3, -0.25) is 4.79 Å². The Labute approximate surface area is 165 Å². The van der Waals surface area contributed by atoms with Crippen LogP contribution < -0.4 is 10.1 Å². The SMILES string of the molecule is C/C=C\N/C=C(\C)CC1CCOc2ccc(C)cc21.CC.CC(=O)C1CC1. The van der Waals surface area contributed by atoms with Crippen molar-refractivity contribution in [1.82, 2.24) is 5.32 Å². The van der Waals surface area contributed by atoms with Crippen molar-refractivity contribution in [1.29, 1.82) is 0 Å². The highest BCUT2D eigenvalue weighted by Crippen LogP contribution is 2.37. The highest BCUT2D eigenvalue weighted by atomic mass is 16.5. The van der Waals surface area contributed by atoms with Gasteiger partial charge < -0.3 is 10.1 Å². The third-order valence-corrected chi connectivity index (χ3v) is 4.64. The summed E-state index contributed by atoms with van der Waals surface area (Å²) < 4.78 is 5.74. The van der Waals surface area contributed by atoms with E-state index in [2.05, 4.69) is 43.6 Å². The number of fused-ring (bicyclic) bond motifs is 1. The monoisotopic (exact) mass is 371 g/mol. The molecule has 1 fully saturated rings. The van der Waals surface area contributed by atoms with Gasteiger partial charge >= 0.3 is 0 Å². The van der Waals surface area contributed by atoms with Crippen LogP contribution in [0, 0.1) is 12.8 Å². The smallest absolute Gasteiger partial charge is 0.132 e. The molecule has 1 heterocycles. The van der Waals surface area contributed by atoms with Gasteiger partial charge in [0.05, 0.1) is 6.61 Å². The van der Waals surface area contributed by atoms with E-state index in [-0.39, 0.29) is 0 Å². The highest BCUT2D eigenvalue weighted by molar-refractivity contribution is 5.80. The van der Waals surface area contributed by atoms with Crippen molar-refractivity contribution in [2.75, 3.05) is 6.61 Å². The van der Waals surface area contributed by atoms with Crippen LogP contribution in [-0.4, -0.2) is 12.4 Å². The van der Waals surface area contributed by atoms with Crippen LogP contribution in [0.15, 0.2) is 42.2 Å². The Balaban J connectivity index is 0.000000381. The Morgan fingerprint density at radius 1 is 1.22 bits per heavy atom. The predicted octanol–water partition coefficient (Wildman–Crippen LogP) is 6.29. The molecule has 2 aliphatic rings. The van der Waals surface area contributed by atoms with Crippen molar-refractivity contribution < 1.29 is 9.53 Å². The fourth-order valence-electron chi connectivity index (χ4n) is 3.02. The number of nitrogens with one attached hydrogen (secondary N) is 1. The zero-order valence-electron chi connectivity index (χ0n) is 18.0. The molecule has 1 atom stereocenters. The largest absolute Gasteiger partial charge is 0.493 e. The van der Waals surface area contributed by atoms with Crippen LogP contribution in [0.25, 0.3) is 0 Å². The molecule has 1 aliphatic heterocycles. The molecule has 0 spiro atoms. The average Bonchev–Trinajstić information content (AvgIpc) is 3.50. The summed E-state index contributed by atoms with van der Waals surface area (Å²) in [4.78, 5) is 10.2. The van der Waals surface area contributed by atoms with Gasteiger partial charge in [0.2, 0.25) is 0 Å². The van der Waals surface area contributed by atoms with E-state index in [1.165, 1.54) is 16.7 Å². The van der Waals surface area contributed by atoms with Gasteiger partial charge in [-0.05, 0) is 83.3 Å². The predicted molar refractivity (Wildman–Crippen MR) is 115 cm³/mol. The normalized spacial score (nSPS) is 18.3. The molecule has 1 saturated carbocycles. The Morgan fingerprint density at radius 3 is 2.48 bits per heavy atom. The lowest BCUT2D eigenvalue weighted by Gasteiger charge is -2.26. The molecule has 0 amide bonds. The van der Waals surface area contributed by atoms with E-state index in [0.717, 1.165) is 38.0 Å². The van der Waals surface area contributed by atoms with Gasteiger partial charge in [0.15, 0.2) is 0 Å². The molecule has 1 N–H and O–H groups in total. The Bertz CT molecular complexity index is 642. The summed E-state index contributed by atoms with van der Waals surface area (Å²) >= 11 is 0. The summed E-state index contributed by atoms with van der Waals surface area (Å²) in [6.45, 7) is 12.8. The minimum Gasteiger partial charge on any atom is -0.493 e. The van der Waals surface area contributed by atoms with Crippen molar-refractivity contribution in [3.05, 3.63) is 53.4 Å². The summed E-state index contributed by atoms with van der Waals surface area (Å²) in [5, 5.41) is 3.19. The lowest BCUT2D eigenvalue weighted by atomic mass is 9.87. The molecule has 3 nitrogen and oxygen atoms in total. The second-order valence-corrected chi connectivity index (χ2v) is 7.12. The average molecular weight is 372 g/mol. The second kappa shape index (κ2) is 12.4. The Morgan fingerprint density at radius 2 is 1.93 bits per heavy atom. The number of benzene rings is 1. The van der Waals surface area contributed by atoms with E-state index in [1.54, 1.807) is 6.92 Å². The van der Waals surface area contributed by atoms with Crippen LogP contribution in [-0.2, 0) is 4.79 Å². The van der Waals surface area contributed by atoms with E-state index in [4.69, 9.17) is 4.74 Å². The van der Waals surface area contributed by atoms with E-state index >= 15 is 0 Å². The van der Waals surface area contributed by atoms with Crippen LogP contribution in [0.2, 0.25) is 0 Å². The maximum absolute atomic E-state index is 10.2. The van der Waals surface area contributed by atoms with E-state index in [9.17, 15) is 4.79 Å². The maximum Gasteiger partial charge on any atom is 0.132 e. The summed E-state index contributed by atoms with van der Waals surface area (Å²) in [5.41, 5.74) is 4.05. The third kappa shape index (κ3) is 8.47. The summed E-state index contributed by atoms with van der Waals surface area (Å²) in [7, 11) is 0. The summed E-state index contributed by atoms with van der Waals surface area (Å²) in [6, 6.07) is 6.50. The molecule has 150 valence electrons. The molecule has 0 radical (unpaired) electrons. The first kappa shape index (κ1) is 23.0. The van der Waals surface area contributed by atoms with Gasteiger partial charge in [-0.15, -0.1) is 0 Å². The van der Waals surface area contributed by atoms with Gasteiger partial charge in [-0.1, -0.05) is 43.2 Å². The minimum absolute atomic E-state index is 0.370. The van der Waals surface area contributed by atoms with Crippen molar-refractivity contribution in [2.24, 2.45) is 5.92 Å². The molecule has 1 aliphatic carbocycles. The first-order valence-corrected chi connectivity index (χ1v) is 10.3. The number of hydrogen-bond acceptors (Lipinski definition) is 3.